The van der Waals surface area contributed by atoms with Gasteiger partial charge in [0.15, 0.2) is 11.6 Å². The van der Waals surface area contributed by atoms with Crippen molar-refractivity contribution in [3.8, 4) is 17.7 Å². The molecule has 1 aliphatic rings. The molecule has 0 atom stereocenters. The van der Waals surface area contributed by atoms with Gasteiger partial charge in [-0.2, -0.15) is 10.2 Å². The van der Waals surface area contributed by atoms with Gasteiger partial charge in [0.05, 0.1) is 37.0 Å². The maximum absolute atomic E-state index is 9.02. The maximum atomic E-state index is 9.02. The Hall–Kier alpha value is -4.14. The number of nitriles is 1. The Bertz CT molecular complexity index is 1160. The lowest BCUT2D eigenvalue weighted by molar-refractivity contribution is 0.122. The third kappa shape index (κ3) is 5.03. The third-order valence-electron chi connectivity index (χ3n) is 5.16. The first-order valence-corrected chi connectivity index (χ1v) is 10.4. The van der Waals surface area contributed by atoms with Crippen molar-refractivity contribution in [2.75, 3.05) is 54.3 Å². The van der Waals surface area contributed by atoms with Crippen LogP contribution >= 0.6 is 0 Å². The molecule has 0 bridgehead atoms. The number of hydrogen-bond donors (Lipinski definition) is 4. The maximum Gasteiger partial charge on any atom is 0.223 e. The van der Waals surface area contributed by atoms with Crippen LogP contribution in [0.15, 0.2) is 36.7 Å². The van der Waals surface area contributed by atoms with Crippen LogP contribution < -0.4 is 31.5 Å². The number of nitrogens with two attached hydrogens (primary N) is 1. The fourth-order valence-corrected chi connectivity index (χ4v) is 3.43. The Morgan fingerprint density at radius 1 is 1.18 bits per heavy atom. The summed E-state index contributed by atoms with van der Waals surface area (Å²) in [7, 11) is 1.74. The standard InChI is InChI=1S/C22H25N9O2/c1-14-9-15(11-23)26-13-18(14)33-20-10-17(21(30-24)22(25-2)29-20)28-19-4-3-16(12-27-19)31-5-7-32-8-6-31/h3-4,9-10,12-13,30H,5-8,24H2,1-2H3,(H2,25,27,28,29). The van der Waals surface area contributed by atoms with Gasteiger partial charge in [-0.3, -0.25) is 5.84 Å². The normalized spacial score (nSPS) is 13.2. The van der Waals surface area contributed by atoms with Crippen LogP contribution in [-0.2, 0) is 4.74 Å². The van der Waals surface area contributed by atoms with E-state index in [1.807, 2.05) is 31.3 Å². The number of hydrogen-bond acceptors (Lipinski definition) is 11. The molecule has 1 saturated heterocycles. The highest BCUT2D eigenvalue weighted by Gasteiger charge is 2.16. The van der Waals surface area contributed by atoms with Gasteiger partial charge in [-0.25, -0.2) is 9.97 Å². The average Bonchev–Trinajstić information content (AvgIpc) is 2.86. The van der Waals surface area contributed by atoms with E-state index in [1.54, 1.807) is 19.2 Å². The minimum atomic E-state index is 0.320. The minimum absolute atomic E-state index is 0.320. The fourth-order valence-electron chi connectivity index (χ4n) is 3.43. The topological polar surface area (TPSA) is 146 Å². The number of morpholine rings is 1. The molecule has 170 valence electrons. The van der Waals surface area contributed by atoms with Gasteiger partial charge in [0.2, 0.25) is 5.88 Å². The molecular formula is C22H25N9O2. The van der Waals surface area contributed by atoms with Crippen LogP contribution in [0.1, 0.15) is 11.3 Å². The summed E-state index contributed by atoms with van der Waals surface area (Å²) in [5, 5.41) is 15.3. The first kappa shape index (κ1) is 22.1. The molecule has 4 heterocycles. The number of nitrogens with one attached hydrogen (secondary N) is 3. The molecule has 3 aromatic heterocycles. The highest BCUT2D eigenvalue weighted by atomic mass is 16.5. The summed E-state index contributed by atoms with van der Waals surface area (Å²) in [4.78, 5) is 15.3. The predicted molar refractivity (Wildman–Crippen MR) is 126 cm³/mol. The Morgan fingerprint density at radius 2 is 2.00 bits per heavy atom. The van der Waals surface area contributed by atoms with Gasteiger partial charge in [-0.05, 0) is 30.7 Å². The molecule has 0 radical (unpaired) electrons. The molecule has 33 heavy (non-hydrogen) atoms. The molecule has 1 aliphatic heterocycles. The van der Waals surface area contributed by atoms with Crippen LogP contribution in [0.4, 0.5) is 28.7 Å². The van der Waals surface area contributed by atoms with Crippen LogP contribution in [-0.4, -0.2) is 48.3 Å². The Balaban J connectivity index is 1.59. The van der Waals surface area contributed by atoms with E-state index in [9.17, 15) is 0 Å². The monoisotopic (exact) mass is 447 g/mol. The van der Waals surface area contributed by atoms with E-state index in [1.165, 1.54) is 6.20 Å². The first-order chi connectivity index (χ1) is 16.1. The highest BCUT2D eigenvalue weighted by Crippen LogP contribution is 2.35. The van der Waals surface area contributed by atoms with Gasteiger partial charge in [0.1, 0.15) is 23.3 Å². The van der Waals surface area contributed by atoms with Crippen molar-refractivity contribution in [3.05, 3.63) is 47.9 Å². The summed E-state index contributed by atoms with van der Waals surface area (Å²) in [6.45, 7) is 4.95. The van der Waals surface area contributed by atoms with Crippen molar-refractivity contribution in [1.82, 2.24) is 15.0 Å². The number of nitrogen functional groups attached to an aromatic ring is 1. The van der Waals surface area contributed by atoms with E-state index in [0.717, 1.165) is 24.3 Å². The molecule has 3 aromatic rings. The number of anilines is 5. The molecule has 1 fully saturated rings. The van der Waals surface area contributed by atoms with Crippen LogP contribution in [0.5, 0.6) is 11.6 Å². The molecular weight excluding hydrogens is 422 g/mol. The van der Waals surface area contributed by atoms with Gasteiger partial charge in [0, 0.05) is 26.2 Å². The van der Waals surface area contributed by atoms with Crippen LogP contribution in [0.3, 0.4) is 0 Å². The fraction of sp³-hybridized carbons (Fsp3) is 0.273. The van der Waals surface area contributed by atoms with E-state index in [0.29, 0.717) is 53.5 Å². The highest BCUT2D eigenvalue weighted by molar-refractivity contribution is 5.83. The molecule has 0 spiro atoms. The lowest BCUT2D eigenvalue weighted by atomic mass is 10.2. The van der Waals surface area contributed by atoms with Crippen LogP contribution in [0.25, 0.3) is 0 Å². The Kier molecular flexibility index (Phi) is 6.68. The third-order valence-corrected chi connectivity index (χ3v) is 5.16. The number of hydrazine groups is 1. The van der Waals surface area contributed by atoms with Crippen molar-refractivity contribution < 1.29 is 9.47 Å². The number of pyridine rings is 3. The van der Waals surface area contributed by atoms with E-state index in [4.69, 9.17) is 20.6 Å². The molecule has 0 unspecified atom stereocenters. The van der Waals surface area contributed by atoms with Crippen molar-refractivity contribution in [2.24, 2.45) is 5.84 Å². The molecule has 0 aromatic carbocycles. The summed E-state index contributed by atoms with van der Waals surface area (Å²) >= 11 is 0. The zero-order valence-electron chi connectivity index (χ0n) is 18.4. The largest absolute Gasteiger partial charge is 0.437 e. The summed E-state index contributed by atoms with van der Waals surface area (Å²) in [6, 6.07) is 9.30. The lowest BCUT2D eigenvalue weighted by Crippen LogP contribution is -2.36. The molecule has 0 saturated carbocycles. The van der Waals surface area contributed by atoms with Gasteiger partial charge in [0.25, 0.3) is 0 Å². The van der Waals surface area contributed by atoms with E-state index >= 15 is 0 Å². The van der Waals surface area contributed by atoms with Crippen molar-refractivity contribution in [1.29, 1.82) is 5.26 Å². The number of nitrogens with zero attached hydrogens (tertiary/aromatic N) is 5. The molecule has 0 amide bonds. The Labute approximate surface area is 191 Å². The number of aromatic nitrogens is 3. The summed E-state index contributed by atoms with van der Waals surface area (Å²) in [6.07, 6.45) is 3.33. The van der Waals surface area contributed by atoms with E-state index < -0.39 is 0 Å². The quantitative estimate of drug-likeness (QED) is 0.313. The minimum Gasteiger partial charge on any atom is -0.437 e. The number of ether oxygens (including phenoxy) is 2. The molecule has 11 nitrogen and oxygen atoms in total. The lowest BCUT2D eigenvalue weighted by Gasteiger charge is -2.28. The van der Waals surface area contributed by atoms with Gasteiger partial charge in [-0.1, -0.05) is 0 Å². The van der Waals surface area contributed by atoms with Gasteiger partial charge < -0.3 is 30.4 Å². The summed E-state index contributed by atoms with van der Waals surface area (Å²) in [5.74, 6) is 7.71. The van der Waals surface area contributed by atoms with Crippen molar-refractivity contribution in [3.63, 3.8) is 0 Å². The van der Waals surface area contributed by atoms with Gasteiger partial charge >= 0.3 is 0 Å². The SMILES string of the molecule is CNc1nc(Oc2cnc(C#N)cc2C)cc(Nc2ccc(N3CCOCC3)cn2)c1NN. The molecule has 0 aliphatic carbocycles. The van der Waals surface area contributed by atoms with Gasteiger partial charge in [-0.15, -0.1) is 0 Å². The van der Waals surface area contributed by atoms with Crippen LogP contribution in [0.2, 0.25) is 0 Å². The predicted octanol–water partition coefficient (Wildman–Crippen LogP) is 2.75. The second kappa shape index (κ2) is 9.99. The summed E-state index contributed by atoms with van der Waals surface area (Å²) < 4.78 is 11.4. The smallest absolute Gasteiger partial charge is 0.223 e. The first-order valence-electron chi connectivity index (χ1n) is 10.4. The molecule has 5 N–H and O–H groups in total. The zero-order chi connectivity index (χ0) is 23.2. The molecule has 4 rings (SSSR count). The second-order valence-corrected chi connectivity index (χ2v) is 7.30. The Morgan fingerprint density at radius 3 is 2.64 bits per heavy atom. The summed E-state index contributed by atoms with van der Waals surface area (Å²) in [5.41, 5.74) is 5.98. The average molecular weight is 448 g/mol. The zero-order valence-corrected chi connectivity index (χ0v) is 18.4. The molecule has 11 heteroatoms. The van der Waals surface area contributed by atoms with E-state index in [2.05, 4.69) is 35.9 Å². The van der Waals surface area contributed by atoms with Crippen molar-refractivity contribution in [2.45, 2.75) is 6.92 Å². The van der Waals surface area contributed by atoms with E-state index in [-0.39, 0.29) is 0 Å². The number of aryl methyl sites for hydroxylation is 1. The number of rotatable bonds is 7. The second-order valence-electron chi connectivity index (χ2n) is 7.30. The van der Waals surface area contributed by atoms with Crippen LogP contribution in [0, 0.1) is 18.3 Å². The van der Waals surface area contributed by atoms with Crippen molar-refractivity contribution >= 4 is 28.7 Å².